The van der Waals surface area contributed by atoms with Gasteiger partial charge in [0.1, 0.15) is 6.61 Å². The van der Waals surface area contributed by atoms with Gasteiger partial charge in [-0.25, -0.2) is 9.59 Å². The number of hydrogen-bond donors (Lipinski definition) is 3. The van der Waals surface area contributed by atoms with Crippen molar-refractivity contribution in [2.24, 2.45) is 0 Å². The molecule has 1 fully saturated rings. The third-order valence-electron chi connectivity index (χ3n) is 6.55. The van der Waals surface area contributed by atoms with Gasteiger partial charge in [0.2, 0.25) is 5.91 Å². The summed E-state index contributed by atoms with van der Waals surface area (Å²) in [7, 11) is 0. The van der Waals surface area contributed by atoms with Crippen LogP contribution in [0.15, 0.2) is 71.2 Å². The summed E-state index contributed by atoms with van der Waals surface area (Å²) in [4.78, 5) is 36.4. The monoisotopic (exact) mass is 534 g/mol. The molecular formula is C27H23BrN2O5. The molecular weight excluding hydrogens is 512 g/mol. The van der Waals surface area contributed by atoms with Crippen molar-refractivity contribution in [1.82, 2.24) is 5.32 Å². The Bertz CT molecular complexity index is 1290. The molecule has 1 saturated carbocycles. The zero-order valence-electron chi connectivity index (χ0n) is 18.7. The van der Waals surface area contributed by atoms with E-state index in [9.17, 15) is 14.4 Å². The number of benzene rings is 3. The summed E-state index contributed by atoms with van der Waals surface area (Å²) in [5.41, 5.74) is 4.57. The number of carbonyl (C=O) groups is 3. The number of aromatic carboxylic acids is 1. The Hall–Kier alpha value is -3.65. The molecule has 0 heterocycles. The highest BCUT2D eigenvalue weighted by Crippen LogP contribution is 2.45. The first-order valence-corrected chi connectivity index (χ1v) is 12.1. The minimum absolute atomic E-state index is 0.0299. The molecule has 0 aliphatic heterocycles. The van der Waals surface area contributed by atoms with E-state index in [1.165, 1.54) is 18.2 Å². The topological polar surface area (TPSA) is 105 Å². The lowest BCUT2D eigenvalue weighted by Gasteiger charge is -2.19. The molecule has 178 valence electrons. The minimum atomic E-state index is -1.05. The summed E-state index contributed by atoms with van der Waals surface area (Å²) in [6.07, 6.45) is 0.932. The van der Waals surface area contributed by atoms with Crippen molar-refractivity contribution >= 4 is 39.6 Å². The molecule has 0 atom stereocenters. The summed E-state index contributed by atoms with van der Waals surface area (Å²) < 4.78 is 6.10. The molecule has 3 aromatic carbocycles. The molecule has 2 aliphatic carbocycles. The van der Waals surface area contributed by atoms with Crippen molar-refractivity contribution in [3.05, 3.63) is 87.9 Å². The Morgan fingerprint density at radius 2 is 1.60 bits per heavy atom. The number of halogens is 1. The van der Waals surface area contributed by atoms with Gasteiger partial charge in [0.05, 0.1) is 23.2 Å². The average molecular weight is 535 g/mol. The van der Waals surface area contributed by atoms with Crippen LogP contribution in [0, 0.1) is 0 Å². The minimum Gasteiger partial charge on any atom is -0.478 e. The van der Waals surface area contributed by atoms with Crippen LogP contribution in [0.2, 0.25) is 0 Å². The lowest BCUT2D eigenvalue weighted by atomic mass is 9.98. The van der Waals surface area contributed by atoms with E-state index in [0.717, 1.165) is 22.3 Å². The van der Waals surface area contributed by atoms with Crippen LogP contribution < -0.4 is 10.6 Å². The smallest absolute Gasteiger partial charge is 0.407 e. The number of carbonyl (C=O) groups excluding carboxylic acids is 2. The van der Waals surface area contributed by atoms with Gasteiger partial charge in [-0.05, 0) is 69.2 Å². The third kappa shape index (κ3) is 4.79. The Labute approximate surface area is 210 Å². The third-order valence-corrected chi connectivity index (χ3v) is 7.21. The second-order valence-electron chi connectivity index (χ2n) is 8.96. The molecule has 0 unspecified atom stereocenters. The molecule has 0 bridgehead atoms. The molecule has 2 amide bonds. The SMILES string of the molecule is O=C(CC1(NC(=O)OCC2c3ccccc3-c3ccccc32)CC1)Nc1ccc(C(=O)O)cc1Br. The van der Waals surface area contributed by atoms with Crippen molar-refractivity contribution < 1.29 is 24.2 Å². The van der Waals surface area contributed by atoms with Crippen molar-refractivity contribution in [2.75, 3.05) is 11.9 Å². The summed E-state index contributed by atoms with van der Waals surface area (Å²) in [5, 5.41) is 14.7. The Morgan fingerprint density at radius 1 is 0.971 bits per heavy atom. The molecule has 0 radical (unpaired) electrons. The first-order chi connectivity index (χ1) is 16.8. The lowest BCUT2D eigenvalue weighted by Crippen LogP contribution is -2.40. The highest BCUT2D eigenvalue weighted by Gasteiger charge is 2.46. The molecule has 0 aromatic heterocycles. The second-order valence-corrected chi connectivity index (χ2v) is 9.81. The number of ether oxygens (including phenoxy) is 1. The summed E-state index contributed by atoms with van der Waals surface area (Å²) >= 11 is 3.29. The van der Waals surface area contributed by atoms with Crippen LogP contribution in [-0.4, -0.2) is 35.2 Å². The van der Waals surface area contributed by atoms with Crippen molar-refractivity contribution in [3.63, 3.8) is 0 Å². The van der Waals surface area contributed by atoms with Gasteiger partial charge in [0.25, 0.3) is 0 Å². The number of fused-ring (bicyclic) bond motifs is 3. The number of hydrogen-bond acceptors (Lipinski definition) is 4. The van der Waals surface area contributed by atoms with Gasteiger partial charge in [-0.3, -0.25) is 4.79 Å². The van der Waals surface area contributed by atoms with Crippen LogP contribution in [0.1, 0.15) is 46.7 Å². The van der Waals surface area contributed by atoms with Crippen LogP contribution in [0.25, 0.3) is 11.1 Å². The number of carboxylic acids is 1. The average Bonchev–Trinajstić information content (AvgIpc) is 3.50. The molecule has 0 saturated heterocycles. The van der Waals surface area contributed by atoms with Gasteiger partial charge in [-0.15, -0.1) is 0 Å². The first kappa shape index (κ1) is 23.1. The number of anilines is 1. The second kappa shape index (κ2) is 9.19. The fraction of sp³-hybridized carbons (Fsp3) is 0.222. The maximum Gasteiger partial charge on any atom is 0.407 e. The number of carboxylic acid groups (broad SMARTS) is 1. The van der Waals surface area contributed by atoms with E-state index < -0.39 is 17.6 Å². The van der Waals surface area contributed by atoms with Crippen molar-refractivity contribution in [3.8, 4) is 11.1 Å². The van der Waals surface area contributed by atoms with Crippen LogP contribution in [0.3, 0.4) is 0 Å². The Kier molecular flexibility index (Phi) is 6.06. The standard InChI is InChI=1S/C27H23BrN2O5/c28-22-13-16(25(32)33)9-10-23(22)29-24(31)14-27(11-12-27)30-26(34)35-15-21-19-7-3-1-5-17(19)18-6-2-4-8-20(18)21/h1-10,13,21H,11-12,14-15H2,(H,29,31)(H,30,34)(H,32,33). The van der Waals surface area contributed by atoms with Gasteiger partial charge in [-0.2, -0.15) is 0 Å². The van der Waals surface area contributed by atoms with E-state index in [1.54, 1.807) is 0 Å². The van der Waals surface area contributed by atoms with Crippen LogP contribution in [0.5, 0.6) is 0 Å². The van der Waals surface area contributed by atoms with E-state index in [2.05, 4.69) is 50.8 Å². The summed E-state index contributed by atoms with van der Waals surface area (Å²) in [6, 6.07) is 20.7. The largest absolute Gasteiger partial charge is 0.478 e. The molecule has 8 heteroatoms. The Morgan fingerprint density at radius 3 is 2.17 bits per heavy atom. The fourth-order valence-corrected chi connectivity index (χ4v) is 5.08. The maximum atomic E-state index is 12.6. The summed E-state index contributed by atoms with van der Waals surface area (Å²) in [6.45, 7) is 0.213. The normalized spacial score (nSPS) is 15.0. The molecule has 3 N–H and O–H groups in total. The van der Waals surface area contributed by atoms with Crippen LogP contribution in [-0.2, 0) is 9.53 Å². The van der Waals surface area contributed by atoms with Gasteiger partial charge >= 0.3 is 12.1 Å². The van der Waals surface area contributed by atoms with Crippen LogP contribution >= 0.6 is 15.9 Å². The predicted octanol–water partition coefficient (Wildman–Crippen LogP) is 5.55. The molecule has 35 heavy (non-hydrogen) atoms. The van der Waals surface area contributed by atoms with E-state index >= 15 is 0 Å². The molecule has 7 nitrogen and oxygen atoms in total. The van der Waals surface area contributed by atoms with Crippen molar-refractivity contribution in [2.45, 2.75) is 30.7 Å². The fourth-order valence-electron chi connectivity index (χ4n) is 4.60. The van der Waals surface area contributed by atoms with Crippen molar-refractivity contribution in [1.29, 1.82) is 0 Å². The van der Waals surface area contributed by atoms with E-state index in [0.29, 0.717) is 23.0 Å². The quantitative estimate of drug-likeness (QED) is 0.368. The molecule has 2 aliphatic rings. The van der Waals surface area contributed by atoms with Gasteiger partial charge in [0.15, 0.2) is 0 Å². The van der Waals surface area contributed by atoms with E-state index in [1.807, 2.05) is 24.3 Å². The molecule has 3 aromatic rings. The Balaban J connectivity index is 1.18. The zero-order chi connectivity index (χ0) is 24.6. The molecule has 5 rings (SSSR count). The van der Waals surface area contributed by atoms with Gasteiger partial charge < -0.3 is 20.5 Å². The highest BCUT2D eigenvalue weighted by molar-refractivity contribution is 9.10. The number of rotatable bonds is 7. The number of alkyl carbamates (subject to hydrolysis) is 1. The summed E-state index contributed by atoms with van der Waals surface area (Å²) in [5.74, 6) is -1.35. The van der Waals surface area contributed by atoms with Gasteiger partial charge in [0, 0.05) is 10.4 Å². The first-order valence-electron chi connectivity index (χ1n) is 11.3. The number of nitrogens with one attached hydrogen (secondary N) is 2. The zero-order valence-corrected chi connectivity index (χ0v) is 20.3. The van der Waals surface area contributed by atoms with E-state index in [4.69, 9.17) is 9.84 Å². The van der Waals surface area contributed by atoms with E-state index in [-0.39, 0.29) is 30.4 Å². The molecule has 0 spiro atoms. The predicted molar refractivity (Wildman–Crippen MR) is 135 cm³/mol. The highest BCUT2D eigenvalue weighted by atomic mass is 79.9. The van der Waals surface area contributed by atoms with Crippen LogP contribution in [0.4, 0.5) is 10.5 Å². The number of amides is 2. The maximum absolute atomic E-state index is 12.6. The lowest BCUT2D eigenvalue weighted by molar-refractivity contribution is -0.116. The van der Waals surface area contributed by atoms with Gasteiger partial charge in [-0.1, -0.05) is 48.5 Å².